The summed E-state index contributed by atoms with van der Waals surface area (Å²) in [6.45, 7) is 5.46. The van der Waals surface area contributed by atoms with E-state index in [4.69, 9.17) is 5.73 Å². The van der Waals surface area contributed by atoms with Gasteiger partial charge in [-0.2, -0.15) is 0 Å². The monoisotopic (exact) mass is 219 g/mol. The largest absolute Gasteiger partial charge is 0.323 e. The molecule has 88 valence electrons. The van der Waals surface area contributed by atoms with E-state index in [9.17, 15) is 0 Å². The lowest BCUT2D eigenvalue weighted by Crippen LogP contribution is -2.34. The molecule has 1 aliphatic rings. The normalized spacial score (nSPS) is 20.3. The lowest BCUT2D eigenvalue weighted by atomic mass is 10.1. The van der Waals surface area contributed by atoms with E-state index >= 15 is 0 Å². The Hall–Kier alpha value is -0.900. The van der Waals surface area contributed by atoms with Crippen molar-refractivity contribution in [3.05, 3.63) is 35.9 Å². The summed E-state index contributed by atoms with van der Waals surface area (Å²) in [7, 11) is 0. The highest BCUT2D eigenvalue weighted by Crippen LogP contribution is 2.11. The number of benzene rings is 1. The Balaban J connectivity index is 1.88. The van der Waals surface area contributed by atoms with Gasteiger partial charge in [0.2, 0.25) is 0 Å². The van der Waals surface area contributed by atoms with Crippen LogP contribution in [0.1, 0.15) is 18.0 Å². The van der Waals surface area contributed by atoms with Gasteiger partial charge in [-0.05, 0) is 25.1 Å². The van der Waals surface area contributed by atoms with Crippen molar-refractivity contribution in [2.24, 2.45) is 5.73 Å². The van der Waals surface area contributed by atoms with Gasteiger partial charge in [-0.15, -0.1) is 0 Å². The van der Waals surface area contributed by atoms with Crippen LogP contribution in [-0.2, 0) is 0 Å². The van der Waals surface area contributed by atoms with Crippen LogP contribution in [0.15, 0.2) is 30.3 Å². The van der Waals surface area contributed by atoms with Crippen molar-refractivity contribution in [3.8, 4) is 0 Å². The summed E-state index contributed by atoms with van der Waals surface area (Å²) in [5, 5.41) is 3.41. The molecule has 1 atom stereocenters. The number of hydrogen-bond acceptors (Lipinski definition) is 3. The first-order valence-electron chi connectivity index (χ1n) is 6.10. The summed E-state index contributed by atoms with van der Waals surface area (Å²) in [4.78, 5) is 2.46. The highest BCUT2D eigenvalue weighted by molar-refractivity contribution is 5.18. The first-order valence-corrected chi connectivity index (χ1v) is 6.10. The fraction of sp³-hybridized carbons (Fsp3) is 0.538. The molecule has 2 rings (SSSR count). The molecule has 0 bridgehead atoms. The third-order valence-electron chi connectivity index (χ3n) is 3.12. The average molecular weight is 219 g/mol. The van der Waals surface area contributed by atoms with Crippen LogP contribution in [0.3, 0.4) is 0 Å². The molecule has 1 fully saturated rings. The minimum Gasteiger partial charge on any atom is -0.323 e. The molecule has 0 aromatic heterocycles. The molecule has 1 aromatic carbocycles. The van der Waals surface area contributed by atoms with Crippen molar-refractivity contribution < 1.29 is 0 Å². The summed E-state index contributed by atoms with van der Waals surface area (Å²) in [6.07, 6.45) is 1.22. The minimum atomic E-state index is 0.138. The lowest BCUT2D eigenvalue weighted by molar-refractivity contribution is 0.274. The Morgan fingerprint density at radius 1 is 1.19 bits per heavy atom. The summed E-state index contributed by atoms with van der Waals surface area (Å²) >= 11 is 0. The smallest absolute Gasteiger partial charge is 0.0424 e. The molecule has 1 saturated heterocycles. The van der Waals surface area contributed by atoms with Crippen LogP contribution in [0.25, 0.3) is 0 Å². The quantitative estimate of drug-likeness (QED) is 0.796. The molecule has 3 nitrogen and oxygen atoms in total. The molecular weight excluding hydrogens is 198 g/mol. The van der Waals surface area contributed by atoms with Gasteiger partial charge >= 0.3 is 0 Å². The zero-order valence-corrected chi connectivity index (χ0v) is 9.73. The Kier molecular flexibility index (Phi) is 4.34. The molecule has 1 aromatic rings. The van der Waals surface area contributed by atoms with Crippen molar-refractivity contribution in [2.75, 3.05) is 32.7 Å². The Morgan fingerprint density at radius 3 is 2.81 bits per heavy atom. The van der Waals surface area contributed by atoms with Crippen molar-refractivity contribution in [2.45, 2.75) is 12.5 Å². The van der Waals surface area contributed by atoms with Crippen LogP contribution in [0.5, 0.6) is 0 Å². The van der Waals surface area contributed by atoms with Gasteiger partial charge in [0, 0.05) is 25.7 Å². The second kappa shape index (κ2) is 5.99. The second-order valence-corrected chi connectivity index (χ2v) is 4.42. The van der Waals surface area contributed by atoms with Crippen molar-refractivity contribution in [1.29, 1.82) is 0 Å². The molecule has 1 heterocycles. The van der Waals surface area contributed by atoms with E-state index in [1.54, 1.807) is 0 Å². The number of hydrogen-bond donors (Lipinski definition) is 2. The maximum atomic E-state index is 6.21. The highest BCUT2D eigenvalue weighted by Gasteiger charge is 2.13. The molecule has 0 saturated carbocycles. The predicted molar refractivity (Wildman–Crippen MR) is 67.3 cm³/mol. The summed E-state index contributed by atoms with van der Waals surface area (Å²) < 4.78 is 0. The van der Waals surface area contributed by atoms with Gasteiger partial charge in [-0.3, -0.25) is 0 Å². The molecule has 0 amide bonds. The number of nitrogens with one attached hydrogen (secondary N) is 1. The first-order chi connectivity index (χ1) is 7.86. The topological polar surface area (TPSA) is 41.3 Å². The maximum Gasteiger partial charge on any atom is 0.0424 e. The van der Waals surface area contributed by atoms with Gasteiger partial charge in [-0.25, -0.2) is 0 Å². The summed E-state index contributed by atoms with van der Waals surface area (Å²) in [5.74, 6) is 0. The van der Waals surface area contributed by atoms with Gasteiger partial charge in [0.15, 0.2) is 0 Å². The average Bonchev–Trinajstić information content (AvgIpc) is 2.59. The molecule has 16 heavy (non-hydrogen) atoms. The van der Waals surface area contributed by atoms with Crippen LogP contribution >= 0.6 is 0 Å². The Morgan fingerprint density at radius 2 is 2.00 bits per heavy atom. The fourth-order valence-electron chi connectivity index (χ4n) is 2.17. The van der Waals surface area contributed by atoms with Crippen LogP contribution in [-0.4, -0.2) is 37.6 Å². The van der Waals surface area contributed by atoms with Crippen molar-refractivity contribution in [1.82, 2.24) is 10.2 Å². The third-order valence-corrected chi connectivity index (χ3v) is 3.12. The molecule has 0 spiro atoms. The highest BCUT2D eigenvalue weighted by atomic mass is 15.2. The van der Waals surface area contributed by atoms with E-state index in [1.807, 2.05) is 6.07 Å². The molecule has 1 aliphatic heterocycles. The summed E-state index contributed by atoms with van der Waals surface area (Å²) in [6, 6.07) is 10.5. The Labute approximate surface area is 97.6 Å². The molecule has 0 radical (unpaired) electrons. The zero-order chi connectivity index (χ0) is 11.2. The number of nitrogens with two attached hydrogens (primary N) is 1. The van der Waals surface area contributed by atoms with Crippen molar-refractivity contribution in [3.63, 3.8) is 0 Å². The molecular formula is C13H21N3. The number of rotatable bonds is 3. The zero-order valence-electron chi connectivity index (χ0n) is 9.73. The lowest BCUT2D eigenvalue weighted by Gasteiger charge is -2.23. The van der Waals surface area contributed by atoms with E-state index in [0.29, 0.717) is 0 Å². The van der Waals surface area contributed by atoms with Gasteiger partial charge in [-0.1, -0.05) is 30.3 Å². The fourth-order valence-corrected chi connectivity index (χ4v) is 2.17. The van der Waals surface area contributed by atoms with Gasteiger partial charge < -0.3 is 16.0 Å². The van der Waals surface area contributed by atoms with Gasteiger partial charge in [0.1, 0.15) is 0 Å². The van der Waals surface area contributed by atoms with Crippen molar-refractivity contribution >= 4 is 0 Å². The summed E-state index contributed by atoms with van der Waals surface area (Å²) in [5.41, 5.74) is 7.45. The predicted octanol–water partition coefficient (Wildman–Crippen LogP) is 0.982. The molecule has 3 N–H and O–H groups in total. The molecule has 0 aliphatic carbocycles. The minimum absolute atomic E-state index is 0.138. The Bertz CT molecular complexity index is 291. The third kappa shape index (κ3) is 3.30. The first kappa shape index (κ1) is 11.6. The van der Waals surface area contributed by atoms with E-state index in [-0.39, 0.29) is 6.04 Å². The van der Waals surface area contributed by atoms with Crippen LogP contribution in [0.2, 0.25) is 0 Å². The van der Waals surface area contributed by atoms with E-state index in [0.717, 1.165) is 32.7 Å². The van der Waals surface area contributed by atoms with E-state index in [1.165, 1.54) is 12.0 Å². The van der Waals surface area contributed by atoms with Crippen LogP contribution in [0.4, 0.5) is 0 Å². The van der Waals surface area contributed by atoms with E-state index in [2.05, 4.69) is 34.5 Å². The van der Waals surface area contributed by atoms with Crippen LogP contribution < -0.4 is 11.1 Å². The van der Waals surface area contributed by atoms with Gasteiger partial charge in [0.25, 0.3) is 0 Å². The SMILES string of the molecule is NC(CN1CCCNCC1)c1ccccc1. The van der Waals surface area contributed by atoms with Gasteiger partial charge in [0.05, 0.1) is 0 Å². The number of nitrogens with zero attached hydrogens (tertiary/aromatic N) is 1. The molecule has 3 heteroatoms. The standard InChI is InChI=1S/C13H21N3/c14-13(12-5-2-1-3-6-12)11-16-9-4-7-15-8-10-16/h1-3,5-6,13,15H,4,7-11,14H2. The second-order valence-electron chi connectivity index (χ2n) is 4.42. The van der Waals surface area contributed by atoms with Crippen LogP contribution in [0, 0.1) is 0 Å². The maximum absolute atomic E-state index is 6.21. The van der Waals surface area contributed by atoms with E-state index < -0.39 is 0 Å². The molecule has 1 unspecified atom stereocenters.